The fraction of sp³-hybridized carbons (Fsp3) is 0.750. The van der Waals surface area contributed by atoms with Crippen molar-refractivity contribution in [1.29, 1.82) is 0 Å². The van der Waals surface area contributed by atoms with Gasteiger partial charge >= 0.3 is 5.84 Å². The highest BCUT2D eigenvalue weighted by atomic mass is 127. The van der Waals surface area contributed by atoms with Gasteiger partial charge < -0.3 is 10.1 Å². The summed E-state index contributed by atoms with van der Waals surface area (Å²) in [5, 5.41) is 9.79. The van der Waals surface area contributed by atoms with Crippen molar-refractivity contribution in [2.45, 2.75) is 31.7 Å². The molecule has 0 spiro atoms. The van der Waals surface area contributed by atoms with Gasteiger partial charge in [-0.05, 0) is 39.4 Å². The van der Waals surface area contributed by atoms with Crippen LogP contribution in [0.15, 0.2) is 9.98 Å². The number of hydrogen-bond donors (Lipinski definition) is 0. The van der Waals surface area contributed by atoms with E-state index in [9.17, 15) is 18.5 Å². The second kappa shape index (κ2) is 4.59. The zero-order valence-electron chi connectivity index (χ0n) is 9.55. The van der Waals surface area contributed by atoms with Crippen LogP contribution in [0.4, 0.5) is 0 Å². The van der Waals surface area contributed by atoms with Gasteiger partial charge in [-0.15, -0.1) is 0 Å². The standard InChI is InChI=1S/C8H12IN3O4S/c1-4-17(15,16)5(2)8(3)10-6(9)7(11-8)12(13)14/h5H,4H2,1-3H3. The molecule has 1 heterocycles. The number of nitrogens with zero attached hydrogens (tertiary/aromatic N) is 3. The third-order valence-electron chi connectivity index (χ3n) is 2.73. The van der Waals surface area contributed by atoms with Crippen LogP contribution in [-0.4, -0.2) is 39.6 Å². The van der Waals surface area contributed by atoms with Crippen molar-refractivity contribution in [3.63, 3.8) is 0 Å². The van der Waals surface area contributed by atoms with E-state index in [1.807, 2.05) is 0 Å². The van der Waals surface area contributed by atoms with Crippen LogP contribution in [0.5, 0.6) is 0 Å². The number of hydrogen-bond acceptors (Lipinski definition) is 6. The minimum Gasteiger partial charge on any atom is -0.358 e. The van der Waals surface area contributed by atoms with E-state index >= 15 is 0 Å². The molecule has 2 atom stereocenters. The van der Waals surface area contributed by atoms with Gasteiger partial charge in [0.2, 0.25) is 0 Å². The number of sulfone groups is 1. The molecule has 0 aromatic carbocycles. The van der Waals surface area contributed by atoms with Crippen molar-refractivity contribution in [2.75, 3.05) is 5.75 Å². The Morgan fingerprint density at radius 3 is 2.41 bits per heavy atom. The molecule has 0 N–H and O–H groups in total. The summed E-state index contributed by atoms with van der Waals surface area (Å²) in [6.45, 7) is 4.48. The maximum Gasteiger partial charge on any atom is 0.392 e. The Morgan fingerprint density at radius 1 is 1.53 bits per heavy atom. The van der Waals surface area contributed by atoms with Crippen LogP contribution in [0.25, 0.3) is 0 Å². The lowest BCUT2D eigenvalue weighted by molar-refractivity contribution is -0.345. The number of halogens is 1. The minimum atomic E-state index is -3.35. The van der Waals surface area contributed by atoms with E-state index in [0.29, 0.717) is 0 Å². The quantitative estimate of drug-likeness (QED) is 0.419. The van der Waals surface area contributed by atoms with E-state index in [2.05, 4.69) is 9.98 Å². The molecule has 0 saturated heterocycles. The molecule has 1 aliphatic rings. The summed E-state index contributed by atoms with van der Waals surface area (Å²) in [7, 11) is -3.35. The van der Waals surface area contributed by atoms with E-state index in [1.54, 1.807) is 22.6 Å². The summed E-state index contributed by atoms with van der Waals surface area (Å²) in [6.07, 6.45) is 0. The first-order valence-electron chi connectivity index (χ1n) is 4.85. The van der Waals surface area contributed by atoms with E-state index in [-0.39, 0.29) is 15.3 Å². The first-order chi connectivity index (χ1) is 7.64. The molecule has 17 heavy (non-hydrogen) atoms. The molecule has 2 unspecified atom stereocenters. The second-order valence-corrected chi connectivity index (χ2v) is 7.41. The van der Waals surface area contributed by atoms with Gasteiger partial charge in [-0.2, -0.15) is 0 Å². The Hall–Kier alpha value is -0.580. The van der Waals surface area contributed by atoms with Crippen LogP contribution in [0, 0.1) is 10.1 Å². The number of nitro groups is 1. The lowest BCUT2D eigenvalue weighted by Crippen LogP contribution is -2.39. The largest absolute Gasteiger partial charge is 0.392 e. The Bertz CT molecular complexity index is 513. The van der Waals surface area contributed by atoms with Gasteiger partial charge in [0.15, 0.2) is 13.6 Å². The molecule has 0 fully saturated rings. The minimum absolute atomic E-state index is 0.0425. The smallest absolute Gasteiger partial charge is 0.358 e. The Labute approximate surface area is 113 Å². The molecule has 0 bridgehead atoms. The normalized spacial score (nSPS) is 26.4. The van der Waals surface area contributed by atoms with Crippen LogP contribution in [0.1, 0.15) is 20.8 Å². The first kappa shape index (κ1) is 14.5. The van der Waals surface area contributed by atoms with Crippen molar-refractivity contribution in [2.24, 2.45) is 9.98 Å². The average molecular weight is 373 g/mol. The number of rotatable bonds is 3. The number of aliphatic imine (C=N–C) groups is 2. The summed E-state index contributed by atoms with van der Waals surface area (Å²) < 4.78 is 23.7. The third kappa shape index (κ3) is 2.64. The van der Waals surface area contributed by atoms with E-state index in [0.717, 1.165) is 0 Å². The van der Waals surface area contributed by atoms with Crippen LogP contribution in [-0.2, 0) is 9.84 Å². The zero-order valence-corrected chi connectivity index (χ0v) is 12.5. The molecule has 0 saturated carbocycles. The van der Waals surface area contributed by atoms with Crippen LogP contribution >= 0.6 is 22.6 Å². The predicted octanol–water partition coefficient (Wildman–Crippen LogP) is 1.05. The second-order valence-electron chi connectivity index (χ2n) is 3.78. The molecule has 7 nitrogen and oxygen atoms in total. The molecule has 9 heteroatoms. The van der Waals surface area contributed by atoms with Gasteiger partial charge in [0.05, 0.1) is 0 Å². The van der Waals surface area contributed by atoms with E-state index in [1.165, 1.54) is 20.8 Å². The van der Waals surface area contributed by atoms with Crippen LogP contribution < -0.4 is 0 Å². The molecule has 96 valence electrons. The van der Waals surface area contributed by atoms with Crippen LogP contribution in [0.2, 0.25) is 0 Å². The molecule has 0 amide bonds. The van der Waals surface area contributed by atoms with Crippen molar-refractivity contribution in [3.8, 4) is 0 Å². The summed E-state index contributed by atoms with van der Waals surface area (Å²) in [4.78, 5) is 17.9. The molecule has 0 radical (unpaired) electrons. The number of amidine groups is 1. The lowest BCUT2D eigenvalue weighted by atomic mass is 10.1. The lowest BCUT2D eigenvalue weighted by Gasteiger charge is -2.19. The molecule has 1 rings (SSSR count). The highest BCUT2D eigenvalue weighted by molar-refractivity contribution is 14.1. The van der Waals surface area contributed by atoms with E-state index in [4.69, 9.17) is 0 Å². The van der Waals surface area contributed by atoms with Gasteiger partial charge in [0.25, 0.3) is 5.66 Å². The van der Waals surface area contributed by atoms with Gasteiger partial charge in [0, 0.05) is 12.7 Å². The molecule has 0 aliphatic carbocycles. The van der Waals surface area contributed by atoms with Gasteiger partial charge in [-0.3, -0.25) is 0 Å². The molecular formula is C8H12IN3O4S. The molecule has 0 aromatic heterocycles. The fourth-order valence-electron chi connectivity index (χ4n) is 1.42. The molecule has 1 aliphatic heterocycles. The zero-order chi connectivity index (χ0) is 13.4. The van der Waals surface area contributed by atoms with Crippen molar-refractivity contribution in [1.82, 2.24) is 0 Å². The first-order valence-corrected chi connectivity index (χ1v) is 7.65. The summed E-state index contributed by atoms with van der Waals surface area (Å²) >= 11 is 1.69. The van der Waals surface area contributed by atoms with E-state index < -0.39 is 25.7 Å². The highest BCUT2D eigenvalue weighted by Crippen LogP contribution is 2.30. The maximum absolute atomic E-state index is 11.8. The maximum atomic E-state index is 11.8. The summed E-state index contributed by atoms with van der Waals surface area (Å²) in [6, 6.07) is 0. The topological polar surface area (TPSA) is 102 Å². The Balaban J connectivity index is 3.22. The summed E-state index contributed by atoms with van der Waals surface area (Å²) in [5.41, 5.74) is -1.30. The fourth-order valence-corrected chi connectivity index (χ4v) is 3.51. The Morgan fingerprint density at radius 2 is 2.06 bits per heavy atom. The predicted molar refractivity (Wildman–Crippen MR) is 73.2 cm³/mol. The third-order valence-corrected chi connectivity index (χ3v) is 5.78. The van der Waals surface area contributed by atoms with Crippen molar-refractivity contribution < 1.29 is 13.3 Å². The van der Waals surface area contributed by atoms with Gasteiger partial charge in [0.1, 0.15) is 5.25 Å². The van der Waals surface area contributed by atoms with Crippen molar-refractivity contribution in [3.05, 3.63) is 10.1 Å². The van der Waals surface area contributed by atoms with Crippen molar-refractivity contribution >= 4 is 42.0 Å². The highest BCUT2D eigenvalue weighted by Gasteiger charge is 2.49. The SMILES string of the molecule is CCS(=O)(=O)C(C)C1(C)N=C(I)C([N+](=O)[O-])=N1. The summed E-state index contributed by atoms with van der Waals surface area (Å²) in [5.74, 6) is -0.412. The van der Waals surface area contributed by atoms with Crippen LogP contribution in [0.3, 0.4) is 0 Å². The van der Waals surface area contributed by atoms with Gasteiger partial charge in [-0.1, -0.05) is 6.92 Å². The molecular weight excluding hydrogens is 361 g/mol. The van der Waals surface area contributed by atoms with Gasteiger partial charge in [-0.25, -0.2) is 13.4 Å². The Kier molecular flexibility index (Phi) is 3.91. The molecule has 0 aromatic rings. The average Bonchev–Trinajstić information content (AvgIpc) is 2.54. The monoisotopic (exact) mass is 373 g/mol.